The lowest BCUT2D eigenvalue weighted by Gasteiger charge is -2.32. The Morgan fingerprint density at radius 3 is 2.40 bits per heavy atom. The first-order valence-corrected chi connectivity index (χ1v) is 8.98. The highest BCUT2D eigenvalue weighted by Crippen LogP contribution is 2.33. The summed E-state index contributed by atoms with van der Waals surface area (Å²) in [7, 11) is 2.42. The Labute approximate surface area is 123 Å². The maximum Gasteiger partial charge on any atom is 0.503 e. The van der Waals surface area contributed by atoms with E-state index < -0.39 is 8.80 Å². The van der Waals surface area contributed by atoms with Crippen LogP contribution in [-0.2, 0) is 22.8 Å². The van der Waals surface area contributed by atoms with Crippen molar-refractivity contribution in [2.75, 3.05) is 41.2 Å². The molecule has 0 spiro atoms. The Morgan fingerprint density at radius 2 is 1.90 bits per heavy atom. The van der Waals surface area contributed by atoms with E-state index in [-0.39, 0.29) is 5.54 Å². The van der Waals surface area contributed by atoms with Gasteiger partial charge in [0, 0.05) is 33.5 Å². The van der Waals surface area contributed by atoms with E-state index in [9.17, 15) is 0 Å². The van der Waals surface area contributed by atoms with Gasteiger partial charge in [0.05, 0.1) is 13.2 Å². The lowest BCUT2D eigenvalue weighted by molar-refractivity contribution is 0.0963. The summed E-state index contributed by atoms with van der Waals surface area (Å²) in [5.74, 6) is 0. The molecule has 1 aliphatic heterocycles. The van der Waals surface area contributed by atoms with Crippen LogP contribution in [0.25, 0.3) is 0 Å². The number of rotatable bonds is 13. The van der Waals surface area contributed by atoms with Gasteiger partial charge < -0.3 is 22.8 Å². The smallest absolute Gasteiger partial charge is 0.379 e. The van der Waals surface area contributed by atoms with Gasteiger partial charge in [-0.1, -0.05) is 6.08 Å². The molecule has 2 atom stereocenters. The quantitative estimate of drug-likeness (QED) is 0.226. The van der Waals surface area contributed by atoms with Gasteiger partial charge in [0.15, 0.2) is 0 Å². The standard InChI is InChI=1S/C14H28O5Si/c1-5-6-8-14(20(15-2,16-3)17-4)9-7-10-18-11-13-12-19-13/h5,13-14H,1,6-12H2,2-4H3. The summed E-state index contributed by atoms with van der Waals surface area (Å²) in [6.45, 7) is 6.07. The molecule has 0 radical (unpaired) electrons. The van der Waals surface area contributed by atoms with E-state index in [0.29, 0.717) is 12.7 Å². The number of allylic oxidation sites excluding steroid dienone is 1. The summed E-state index contributed by atoms with van der Waals surface area (Å²) in [5.41, 5.74) is 0.279. The zero-order valence-corrected chi connectivity index (χ0v) is 13.9. The van der Waals surface area contributed by atoms with Crippen molar-refractivity contribution in [3.05, 3.63) is 12.7 Å². The molecule has 0 bridgehead atoms. The SMILES string of the molecule is C=CCCC(CCCOCC1CO1)[Si](OC)(OC)OC. The van der Waals surface area contributed by atoms with Gasteiger partial charge in [0.2, 0.25) is 0 Å². The minimum absolute atomic E-state index is 0.279. The van der Waals surface area contributed by atoms with Crippen molar-refractivity contribution < 1.29 is 22.8 Å². The molecule has 6 heteroatoms. The molecule has 0 aromatic rings. The van der Waals surface area contributed by atoms with Crippen LogP contribution < -0.4 is 0 Å². The number of ether oxygens (including phenoxy) is 2. The zero-order valence-electron chi connectivity index (χ0n) is 12.9. The van der Waals surface area contributed by atoms with E-state index in [0.717, 1.165) is 38.9 Å². The molecule has 0 N–H and O–H groups in total. The fourth-order valence-corrected chi connectivity index (χ4v) is 4.96. The average molecular weight is 304 g/mol. The molecule has 0 saturated carbocycles. The molecule has 0 amide bonds. The third-order valence-electron chi connectivity index (χ3n) is 3.62. The summed E-state index contributed by atoms with van der Waals surface area (Å²) in [6.07, 6.45) is 6.11. The van der Waals surface area contributed by atoms with Crippen molar-refractivity contribution in [2.24, 2.45) is 0 Å². The second-order valence-electron chi connectivity index (χ2n) is 4.95. The van der Waals surface area contributed by atoms with Crippen molar-refractivity contribution in [1.82, 2.24) is 0 Å². The maximum atomic E-state index is 5.60. The molecule has 20 heavy (non-hydrogen) atoms. The number of hydrogen-bond acceptors (Lipinski definition) is 5. The normalized spacial score (nSPS) is 19.9. The van der Waals surface area contributed by atoms with Crippen LogP contribution in [-0.4, -0.2) is 56.1 Å². The van der Waals surface area contributed by atoms with Gasteiger partial charge in [-0.15, -0.1) is 6.58 Å². The zero-order chi connectivity index (χ0) is 14.8. The van der Waals surface area contributed by atoms with Crippen LogP contribution >= 0.6 is 0 Å². The minimum Gasteiger partial charge on any atom is -0.379 e. The Morgan fingerprint density at radius 1 is 1.25 bits per heavy atom. The number of hydrogen-bond donors (Lipinski definition) is 0. The second kappa shape index (κ2) is 9.65. The van der Waals surface area contributed by atoms with Crippen molar-refractivity contribution in [3.63, 3.8) is 0 Å². The summed E-state index contributed by atoms with van der Waals surface area (Å²) in [6, 6.07) is 0. The molecule has 1 rings (SSSR count). The van der Waals surface area contributed by atoms with Crippen LogP contribution in [0.15, 0.2) is 12.7 Å². The van der Waals surface area contributed by atoms with E-state index in [1.54, 1.807) is 21.3 Å². The summed E-state index contributed by atoms with van der Waals surface area (Å²) in [4.78, 5) is 0. The average Bonchev–Trinajstić information content (AvgIpc) is 3.29. The topological polar surface area (TPSA) is 49.5 Å². The molecular weight excluding hydrogens is 276 g/mol. The maximum absolute atomic E-state index is 5.60. The van der Waals surface area contributed by atoms with Crippen LogP contribution in [0.4, 0.5) is 0 Å². The fourth-order valence-electron chi connectivity index (χ4n) is 2.38. The second-order valence-corrected chi connectivity index (χ2v) is 8.20. The first kappa shape index (κ1) is 17.8. The lowest BCUT2D eigenvalue weighted by Crippen LogP contribution is -2.47. The Balaban J connectivity index is 2.37. The van der Waals surface area contributed by atoms with Crippen LogP contribution in [0.1, 0.15) is 25.7 Å². The molecule has 2 unspecified atom stereocenters. The molecule has 0 aliphatic carbocycles. The van der Waals surface area contributed by atoms with Gasteiger partial charge in [0.25, 0.3) is 0 Å². The van der Waals surface area contributed by atoms with Crippen LogP contribution in [0, 0.1) is 0 Å². The molecule has 1 fully saturated rings. The fraction of sp³-hybridized carbons (Fsp3) is 0.857. The van der Waals surface area contributed by atoms with Gasteiger partial charge in [0.1, 0.15) is 6.10 Å². The lowest BCUT2D eigenvalue weighted by atomic mass is 10.1. The molecule has 1 heterocycles. The van der Waals surface area contributed by atoms with E-state index in [1.807, 2.05) is 6.08 Å². The molecule has 1 aliphatic rings. The first-order valence-electron chi connectivity index (χ1n) is 7.18. The molecule has 5 nitrogen and oxygen atoms in total. The Bertz CT molecular complexity index is 258. The monoisotopic (exact) mass is 304 g/mol. The highest BCUT2D eigenvalue weighted by Gasteiger charge is 2.46. The predicted molar refractivity (Wildman–Crippen MR) is 79.8 cm³/mol. The molecule has 118 valence electrons. The van der Waals surface area contributed by atoms with E-state index in [1.165, 1.54) is 0 Å². The van der Waals surface area contributed by atoms with Crippen molar-refractivity contribution in [1.29, 1.82) is 0 Å². The Hall–Kier alpha value is -0.243. The van der Waals surface area contributed by atoms with Crippen LogP contribution in [0.2, 0.25) is 5.54 Å². The molecule has 1 saturated heterocycles. The summed E-state index contributed by atoms with van der Waals surface area (Å²) in [5, 5.41) is 0. The summed E-state index contributed by atoms with van der Waals surface area (Å²) >= 11 is 0. The van der Waals surface area contributed by atoms with Gasteiger partial charge in [-0.3, -0.25) is 0 Å². The van der Waals surface area contributed by atoms with Gasteiger partial charge in [-0.2, -0.15) is 0 Å². The molecule has 0 aromatic heterocycles. The molecular formula is C14H28O5Si. The highest BCUT2D eigenvalue weighted by molar-refractivity contribution is 6.62. The largest absolute Gasteiger partial charge is 0.503 e. The first-order chi connectivity index (χ1) is 9.72. The Kier molecular flexibility index (Phi) is 8.59. The third-order valence-corrected chi connectivity index (χ3v) is 6.90. The number of epoxide rings is 1. The minimum atomic E-state index is -2.58. The van der Waals surface area contributed by atoms with Crippen molar-refractivity contribution in [3.8, 4) is 0 Å². The summed E-state index contributed by atoms with van der Waals surface area (Å²) < 4.78 is 27.5. The van der Waals surface area contributed by atoms with Crippen molar-refractivity contribution >= 4 is 8.80 Å². The van der Waals surface area contributed by atoms with Gasteiger partial charge in [-0.05, 0) is 25.7 Å². The highest BCUT2D eigenvalue weighted by atomic mass is 28.4. The molecule has 0 aromatic carbocycles. The van der Waals surface area contributed by atoms with E-state index >= 15 is 0 Å². The van der Waals surface area contributed by atoms with Crippen LogP contribution in [0.5, 0.6) is 0 Å². The van der Waals surface area contributed by atoms with E-state index in [2.05, 4.69) is 6.58 Å². The van der Waals surface area contributed by atoms with Gasteiger partial charge >= 0.3 is 8.80 Å². The predicted octanol–water partition coefficient (Wildman–Crippen LogP) is 2.40. The van der Waals surface area contributed by atoms with Gasteiger partial charge in [-0.25, -0.2) is 0 Å². The third kappa shape index (κ3) is 5.63. The van der Waals surface area contributed by atoms with E-state index in [4.69, 9.17) is 22.8 Å². The van der Waals surface area contributed by atoms with Crippen LogP contribution in [0.3, 0.4) is 0 Å². The van der Waals surface area contributed by atoms with Crippen molar-refractivity contribution in [2.45, 2.75) is 37.3 Å².